The van der Waals surface area contributed by atoms with Crippen molar-refractivity contribution >= 4 is 17.4 Å². The van der Waals surface area contributed by atoms with Gasteiger partial charge in [-0.3, -0.25) is 0 Å². The molecule has 0 bridgehead atoms. The summed E-state index contributed by atoms with van der Waals surface area (Å²) in [6.07, 6.45) is 1.30. The molecule has 120 valence electrons. The second-order valence-electron chi connectivity index (χ2n) is 5.20. The Balaban J connectivity index is 1.87. The first-order valence-corrected chi connectivity index (χ1v) is 8.54. The third kappa shape index (κ3) is 2.67. The van der Waals surface area contributed by atoms with Crippen molar-refractivity contribution in [1.29, 1.82) is 0 Å². The molecule has 1 aromatic heterocycles. The van der Waals surface area contributed by atoms with E-state index in [0.717, 1.165) is 11.3 Å². The summed E-state index contributed by atoms with van der Waals surface area (Å²) >= 11 is 1.38. The molecule has 24 heavy (non-hydrogen) atoms. The molecule has 1 atom stereocenters. The molecule has 3 aromatic rings. The molecule has 2 heterocycles. The van der Waals surface area contributed by atoms with Crippen LogP contribution in [0.2, 0.25) is 0 Å². The van der Waals surface area contributed by atoms with Gasteiger partial charge in [0.1, 0.15) is 5.82 Å². The Morgan fingerprint density at radius 2 is 2.00 bits per heavy atom. The fourth-order valence-electron chi connectivity index (χ4n) is 2.55. The summed E-state index contributed by atoms with van der Waals surface area (Å²) < 4.78 is 19.6. The van der Waals surface area contributed by atoms with Crippen LogP contribution in [0.1, 0.15) is 11.8 Å². The standard InChI is InChI=1S/C17H13FN4OS/c1-24-17-20-16-14(21-22-17)12-7-2-3-8-13(12)19-15(23-16)10-5-4-6-11(18)9-10/h2-9,15,19H,1H3. The number of hydrogen-bond acceptors (Lipinski definition) is 6. The highest BCUT2D eigenvalue weighted by Crippen LogP contribution is 2.39. The van der Waals surface area contributed by atoms with Crippen LogP contribution in [-0.2, 0) is 0 Å². The molecule has 0 fully saturated rings. The van der Waals surface area contributed by atoms with Crippen molar-refractivity contribution in [2.45, 2.75) is 11.4 Å². The number of aromatic nitrogens is 3. The fraction of sp³-hybridized carbons (Fsp3) is 0.118. The third-order valence-electron chi connectivity index (χ3n) is 3.67. The molecule has 0 saturated heterocycles. The molecule has 1 aliphatic heterocycles. The van der Waals surface area contributed by atoms with Gasteiger partial charge in [-0.2, -0.15) is 4.98 Å². The van der Waals surface area contributed by atoms with Gasteiger partial charge in [0.15, 0.2) is 11.9 Å². The molecule has 0 aliphatic carbocycles. The highest BCUT2D eigenvalue weighted by molar-refractivity contribution is 7.98. The highest BCUT2D eigenvalue weighted by atomic mass is 32.2. The van der Waals surface area contributed by atoms with Gasteiger partial charge >= 0.3 is 0 Å². The van der Waals surface area contributed by atoms with E-state index in [4.69, 9.17) is 4.74 Å². The van der Waals surface area contributed by atoms with Gasteiger partial charge in [0.05, 0.1) is 0 Å². The smallest absolute Gasteiger partial charge is 0.247 e. The second kappa shape index (κ2) is 6.09. The molecule has 0 amide bonds. The van der Waals surface area contributed by atoms with Gasteiger partial charge < -0.3 is 10.1 Å². The molecule has 5 nitrogen and oxygen atoms in total. The number of anilines is 1. The first kappa shape index (κ1) is 14.9. The van der Waals surface area contributed by atoms with Crippen molar-refractivity contribution in [2.75, 3.05) is 11.6 Å². The third-order valence-corrected chi connectivity index (χ3v) is 4.21. The van der Waals surface area contributed by atoms with Gasteiger partial charge in [-0.25, -0.2) is 4.39 Å². The summed E-state index contributed by atoms with van der Waals surface area (Å²) in [5, 5.41) is 12.2. The Morgan fingerprint density at radius 1 is 1.12 bits per heavy atom. The van der Waals surface area contributed by atoms with E-state index in [1.54, 1.807) is 12.1 Å². The van der Waals surface area contributed by atoms with Crippen molar-refractivity contribution in [1.82, 2.24) is 15.2 Å². The Hall–Kier alpha value is -2.67. The fourth-order valence-corrected chi connectivity index (χ4v) is 2.85. The number of benzene rings is 2. The number of thioether (sulfide) groups is 1. The maximum atomic E-state index is 13.6. The van der Waals surface area contributed by atoms with Crippen LogP contribution < -0.4 is 10.1 Å². The van der Waals surface area contributed by atoms with Gasteiger partial charge in [-0.1, -0.05) is 42.1 Å². The quantitative estimate of drug-likeness (QED) is 0.714. The molecule has 1 unspecified atom stereocenters. The minimum Gasteiger partial charge on any atom is -0.448 e. The van der Waals surface area contributed by atoms with E-state index in [2.05, 4.69) is 20.5 Å². The Bertz CT molecular complexity index is 905. The molecule has 7 heteroatoms. The lowest BCUT2D eigenvalue weighted by molar-refractivity contribution is 0.225. The average molecular weight is 340 g/mol. The summed E-state index contributed by atoms with van der Waals surface area (Å²) in [5.41, 5.74) is 2.91. The zero-order valence-corrected chi connectivity index (χ0v) is 13.5. The normalized spacial score (nSPS) is 15.5. The van der Waals surface area contributed by atoms with E-state index in [1.807, 2.05) is 30.5 Å². The molecule has 0 radical (unpaired) electrons. The van der Waals surface area contributed by atoms with Crippen molar-refractivity contribution in [3.8, 4) is 17.1 Å². The number of fused-ring (bicyclic) bond motifs is 3. The molecule has 1 aliphatic rings. The zero-order chi connectivity index (χ0) is 16.5. The average Bonchev–Trinajstić information content (AvgIpc) is 2.78. The summed E-state index contributed by atoms with van der Waals surface area (Å²) in [6.45, 7) is 0. The van der Waals surface area contributed by atoms with Crippen LogP contribution in [0.5, 0.6) is 5.88 Å². The van der Waals surface area contributed by atoms with E-state index in [1.165, 1.54) is 23.9 Å². The van der Waals surface area contributed by atoms with Gasteiger partial charge in [0, 0.05) is 16.8 Å². The van der Waals surface area contributed by atoms with Crippen LogP contribution in [0.3, 0.4) is 0 Å². The number of hydrogen-bond donors (Lipinski definition) is 1. The maximum Gasteiger partial charge on any atom is 0.247 e. The lowest BCUT2D eigenvalue weighted by Crippen LogP contribution is -2.17. The van der Waals surface area contributed by atoms with Crippen LogP contribution in [0.15, 0.2) is 53.7 Å². The van der Waals surface area contributed by atoms with Crippen LogP contribution in [0.25, 0.3) is 11.3 Å². The largest absolute Gasteiger partial charge is 0.448 e. The lowest BCUT2D eigenvalue weighted by Gasteiger charge is -2.19. The van der Waals surface area contributed by atoms with Crippen molar-refractivity contribution in [2.24, 2.45) is 0 Å². The van der Waals surface area contributed by atoms with E-state index >= 15 is 0 Å². The van der Waals surface area contributed by atoms with Gasteiger partial charge in [0.25, 0.3) is 0 Å². The van der Waals surface area contributed by atoms with Crippen LogP contribution >= 0.6 is 11.8 Å². The maximum absolute atomic E-state index is 13.6. The topological polar surface area (TPSA) is 59.9 Å². The molecule has 2 aromatic carbocycles. The molecule has 0 spiro atoms. The van der Waals surface area contributed by atoms with Crippen molar-refractivity contribution in [3.05, 3.63) is 59.9 Å². The highest BCUT2D eigenvalue weighted by Gasteiger charge is 2.25. The number of rotatable bonds is 2. The molecule has 4 rings (SSSR count). The number of halogens is 1. The Kier molecular flexibility index (Phi) is 3.78. The number of ether oxygens (including phenoxy) is 1. The summed E-state index contributed by atoms with van der Waals surface area (Å²) in [5.74, 6) is 0.0577. The Labute approximate surface area is 142 Å². The van der Waals surface area contributed by atoms with E-state index in [9.17, 15) is 4.39 Å². The first-order valence-electron chi connectivity index (χ1n) is 7.31. The number of nitrogens with one attached hydrogen (secondary N) is 1. The second-order valence-corrected chi connectivity index (χ2v) is 5.97. The molecule has 0 saturated carbocycles. The molecule has 1 N–H and O–H groups in total. The van der Waals surface area contributed by atoms with Gasteiger partial charge in [-0.05, 0) is 24.5 Å². The first-order chi connectivity index (χ1) is 11.7. The van der Waals surface area contributed by atoms with Gasteiger partial charge in [-0.15, -0.1) is 10.2 Å². The molecular formula is C17H13FN4OS. The van der Waals surface area contributed by atoms with Crippen molar-refractivity contribution < 1.29 is 9.13 Å². The predicted molar refractivity (Wildman–Crippen MR) is 90.4 cm³/mol. The number of nitrogens with zero attached hydrogens (tertiary/aromatic N) is 3. The lowest BCUT2D eigenvalue weighted by atomic mass is 10.1. The summed E-state index contributed by atoms with van der Waals surface area (Å²) in [7, 11) is 0. The SMILES string of the molecule is CSc1nnc2c(n1)OC(c1cccc(F)c1)Nc1ccccc1-2. The van der Waals surface area contributed by atoms with E-state index in [0.29, 0.717) is 22.3 Å². The minimum atomic E-state index is -0.575. The summed E-state index contributed by atoms with van der Waals surface area (Å²) in [6, 6.07) is 14.0. The van der Waals surface area contributed by atoms with Crippen LogP contribution in [0, 0.1) is 5.82 Å². The van der Waals surface area contributed by atoms with E-state index in [-0.39, 0.29) is 5.82 Å². The number of para-hydroxylation sites is 1. The van der Waals surface area contributed by atoms with Crippen LogP contribution in [0.4, 0.5) is 10.1 Å². The van der Waals surface area contributed by atoms with Gasteiger partial charge in [0.2, 0.25) is 11.0 Å². The Morgan fingerprint density at radius 3 is 2.83 bits per heavy atom. The molecular weight excluding hydrogens is 327 g/mol. The minimum absolute atomic E-state index is 0.318. The predicted octanol–water partition coefficient (Wildman–Crippen LogP) is 3.90. The van der Waals surface area contributed by atoms with E-state index < -0.39 is 6.23 Å². The summed E-state index contributed by atoms with van der Waals surface area (Å²) in [4.78, 5) is 4.42. The van der Waals surface area contributed by atoms with Crippen LogP contribution in [-0.4, -0.2) is 21.4 Å². The van der Waals surface area contributed by atoms with Crippen molar-refractivity contribution in [3.63, 3.8) is 0 Å². The zero-order valence-electron chi connectivity index (χ0n) is 12.7. The monoisotopic (exact) mass is 340 g/mol.